The third kappa shape index (κ3) is 1.26. The van der Waals surface area contributed by atoms with Crippen LogP contribution < -0.4 is 5.32 Å². The third-order valence-corrected chi connectivity index (χ3v) is 1.36. The molecule has 1 saturated heterocycles. The molecule has 1 fully saturated rings. The number of nitrogens with zero attached hydrogens (tertiary/aromatic N) is 2. The maximum absolute atomic E-state index is 10.8. The van der Waals surface area contributed by atoms with Gasteiger partial charge < -0.3 is 4.90 Å². The minimum absolute atomic E-state index is 0.216. The number of hydrogen-bond donors (Lipinski definition) is 2. The van der Waals surface area contributed by atoms with Crippen LogP contribution in [0.1, 0.15) is 0 Å². The minimum Gasteiger partial charge on any atom is -0.312 e. The van der Waals surface area contributed by atoms with Crippen molar-refractivity contribution in [1.82, 2.24) is 10.2 Å². The summed E-state index contributed by atoms with van der Waals surface area (Å²) in [5, 5.41) is 17.9. The second kappa shape index (κ2) is 2.64. The van der Waals surface area contributed by atoms with Gasteiger partial charge in [-0.25, -0.2) is 0 Å². The monoisotopic (exact) mass is 174 g/mol. The van der Waals surface area contributed by atoms with Crippen molar-refractivity contribution in [3.8, 4) is 0 Å². The van der Waals surface area contributed by atoms with Crippen LogP contribution in [0.2, 0.25) is 0 Å². The molecule has 12 heavy (non-hydrogen) atoms. The number of carbonyl (C=O) groups is 1. The predicted octanol–water partition coefficient (Wildman–Crippen LogP) is -1.48. The highest BCUT2D eigenvalue weighted by Crippen LogP contribution is 2.05. The van der Waals surface area contributed by atoms with Gasteiger partial charge in [-0.2, -0.15) is 0 Å². The standard InChI is InChI=1S/C4H6N4O4/c1-7-3(12-8(10)11)2(9)6-4(7)5/h3H,1H3,(H2,5,6,9). The van der Waals surface area contributed by atoms with E-state index < -0.39 is 17.2 Å². The summed E-state index contributed by atoms with van der Waals surface area (Å²) >= 11 is 0. The SMILES string of the molecule is CN1C(=N)NC(=O)C1O[N+](=O)[O-]. The van der Waals surface area contributed by atoms with E-state index >= 15 is 0 Å². The highest BCUT2D eigenvalue weighted by atomic mass is 17.0. The fourth-order valence-electron chi connectivity index (χ4n) is 0.760. The number of carbonyl (C=O) groups excluding carboxylic acids is 1. The molecule has 1 aliphatic rings. The van der Waals surface area contributed by atoms with E-state index in [0.717, 1.165) is 4.90 Å². The van der Waals surface area contributed by atoms with Gasteiger partial charge in [-0.3, -0.25) is 20.4 Å². The zero-order valence-corrected chi connectivity index (χ0v) is 6.10. The first-order valence-corrected chi connectivity index (χ1v) is 2.96. The zero-order valence-electron chi connectivity index (χ0n) is 6.10. The van der Waals surface area contributed by atoms with Crippen LogP contribution in [-0.2, 0) is 9.63 Å². The highest BCUT2D eigenvalue weighted by Gasteiger charge is 2.36. The molecular formula is C4H6N4O4. The Morgan fingerprint density at radius 3 is 2.75 bits per heavy atom. The fourth-order valence-corrected chi connectivity index (χ4v) is 0.760. The number of amides is 1. The maximum atomic E-state index is 10.8. The van der Waals surface area contributed by atoms with E-state index in [4.69, 9.17) is 5.41 Å². The van der Waals surface area contributed by atoms with Gasteiger partial charge in [-0.15, -0.1) is 10.1 Å². The molecule has 0 radical (unpaired) electrons. The third-order valence-electron chi connectivity index (χ3n) is 1.36. The second-order valence-electron chi connectivity index (χ2n) is 2.13. The molecule has 0 saturated carbocycles. The lowest BCUT2D eigenvalue weighted by Crippen LogP contribution is -2.35. The van der Waals surface area contributed by atoms with E-state index in [1.165, 1.54) is 7.05 Å². The van der Waals surface area contributed by atoms with E-state index in [-0.39, 0.29) is 5.96 Å². The van der Waals surface area contributed by atoms with Crippen LogP contribution in [0.4, 0.5) is 0 Å². The van der Waals surface area contributed by atoms with Gasteiger partial charge in [0, 0.05) is 7.05 Å². The quantitative estimate of drug-likeness (QED) is 0.392. The fraction of sp³-hybridized carbons (Fsp3) is 0.500. The molecular weight excluding hydrogens is 168 g/mol. The average molecular weight is 174 g/mol. The molecule has 8 nitrogen and oxygen atoms in total. The molecule has 1 atom stereocenters. The van der Waals surface area contributed by atoms with Gasteiger partial charge in [0.2, 0.25) is 0 Å². The Morgan fingerprint density at radius 1 is 1.83 bits per heavy atom. The van der Waals surface area contributed by atoms with Crippen LogP contribution in [0.25, 0.3) is 0 Å². The lowest BCUT2D eigenvalue weighted by Gasteiger charge is -2.14. The predicted molar refractivity (Wildman–Crippen MR) is 35.5 cm³/mol. The molecule has 1 aliphatic heterocycles. The van der Waals surface area contributed by atoms with E-state index in [0.29, 0.717) is 0 Å². The first-order valence-electron chi connectivity index (χ1n) is 2.96. The number of nitrogens with one attached hydrogen (secondary N) is 2. The van der Waals surface area contributed by atoms with Crippen LogP contribution in [0, 0.1) is 15.5 Å². The molecule has 0 aromatic heterocycles. The Bertz CT molecular complexity index is 251. The molecule has 8 heteroatoms. The summed E-state index contributed by atoms with van der Waals surface area (Å²) in [6.07, 6.45) is -1.34. The molecule has 0 aromatic rings. The molecule has 0 spiro atoms. The Balaban J connectivity index is 2.70. The smallest absolute Gasteiger partial charge is 0.297 e. The lowest BCUT2D eigenvalue weighted by molar-refractivity contribution is -0.768. The second-order valence-corrected chi connectivity index (χ2v) is 2.13. The van der Waals surface area contributed by atoms with Crippen LogP contribution in [-0.4, -0.2) is 35.1 Å². The van der Waals surface area contributed by atoms with Crippen LogP contribution in [0.15, 0.2) is 0 Å². The van der Waals surface area contributed by atoms with E-state index in [1.54, 1.807) is 0 Å². The number of rotatable bonds is 2. The van der Waals surface area contributed by atoms with Crippen molar-refractivity contribution in [1.29, 1.82) is 5.41 Å². The van der Waals surface area contributed by atoms with Gasteiger partial charge in [-0.05, 0) is 0 Å². The molecule has 1 amide bonds. The van der Waals surface area contributed by atoms with Crippen molar-refractivity contribution in [3.05, 3.63) is 10.1 Å². The molecule has 0 aromatic carbocycles. The molecule has 66 valence electrons. The topological polar surface area (TPSA) is 109 Å². The van der Waals surface area contributed by atoms with Crippen molar-refractivity contribution in [2.45, 2.75) is 6.23 Å². The highest BCUT2D eigenvalue weighted by molar-refractivity contribution is 6.04. The van der Waals surface area contributed by atoms with E-state index in [9.17, 15) is 14.9 Å². The largest absolute Gasteiger partial charge is 0.312 e. The van der Waals surface area contributed by atoms with E-state index in [1.807, 2.05) is 0 Å². The Kier molecular flexibility index (Phi) is 1.81. The number of hydrogen-bond acceptors (Lipinski definition) is 5. The van der Waals surface area contributed by atoms with Crippen molar-refractivity contribution in [2.75, 3.05) is 7.05 Å². The lowest BCUT2D eigenvalue weighted by atomic mass is 10.5. The van der Waals surface area contributed by atoms with Gasteiger partial charge in [0.25, 0.3) is 17.2 Å². The first-order chi connectivity index (χ1) is 5.52. The summed E-state index contributed by atoms with van der Waals surface area (Å²) in [7, 11) is 1.34. The first kappa shape index (κ1) is 8.24. The van der Waals surface area contributed by atoms with Crippen LogP contribution in [0.3, 0.4) is 0 Å². The average Bonchev–Trinajstić information content (AvgIpc) is 2.16. The van der Waals surface area contributed by atoms with Crippen LogP contribution >= 0.6 is 0 Å². The number of likely N-dealkylation sites (N-methyl/N-ethyl adjacent to an activating group) is 1. The summed E-state index contributed by atoms with van der Waals surface area (Å²) < 4.78 is 0. The molecule has 2 N–H and O–H groups in total. The van der Waals surface area contributed by atoms with E-state index in [2.05, 4.69) is 10.2 Å². The van der Waals surface area contributed by atoms with Crippen molar-refractivity contribution in [3.63, 3.8) is 0 Å². The summed E-state index contributed by atoms with van der Waals surface area (Å²) in [5.41, 5.74) is 0. The Labute approximate surface area is 66.7 Å². The summed E-state index contributed by atoms with van der Waals surface area (Å²) in [5.74, 6) is -0.925. The molecule has 0 aliphatic carbocycles. The Hall–Kier alpha value is -1.86. The van der Waals surface area contributed by atoms with Gasteiger partial charge >= 0.3 is 0 Å². The normalized spacial score (nSPS) is 22.4. The minimum atomic E-state index is -1.34. The Morgan fingerprint density at radius 2 is 2.42 bits per heavy atom. The van der Waals surface area contributed by atoms with Gasteiger partial charge in [-0.1, -0.05) is 0 Å². The molecule has 1 heterocycles. The number of guanidine groups is 1. The van der Waals surface area contributed by atoms with Crippen molar-refractivity contribution < 1.29 is 14.7 Å². The molecule has 1 unspecified atom stereocenters. The van der Waals surface area contributed by atoms with Crippen molar-refractivity contribution >= 4 is 11.9 Å². The van der Waals surface area contributed by atoms with Crippen LogP contribution in [0.5, 0.6) is 0 Å². The maximum Gasteiger partial charge on any atom is 0.297 e. The van der Waals surface area contributed by atoms with Crippen molar-refractivity contribution in [2.24, 2.45) is 0 Å². The molecule has 0 bridgehead atoms. The zero-order chi connectivity index (χ0) is 9.30. The molecule has 1 rings (SSSR count). The summed E-state index contributed by atoms with van der Waals surface area (Å²) in [6, 6.07) is 0. The summed E-state index contributed by atoms with van der Waals surface area (Å²) in [6.45, 7) is 0. The van der Waals surface area contributed by atoms with Gasteiger partial charge in [0.1, 0.15) is 0 Å². The summed E-state index contributed by atoms with van der Waals surface area (Å²) in [4.78, 5) is 25.7. The van der Waals surface area contributed by atoms with Gasteiger partial charge in [0.15, 0.2) is 5.96 Å². The van der Waals surface area contributed by atoms with Gasteiger partial charge in [0.05, 0.1) is 0 Å².